The van der Waals surface area contributed by atoms with Crippen LogP contribution in [0, 0.1) is 11.7 Å². The molecule has 1 aromatic rings. The van der Waals surface area contributed by atoms with Crippen molar-refractivity contribution in [3.05, 3.63) is 30.1 Å². The molecular weight excluding hydrogens is 301 g/mol. The molecule has 3 nitrogen and oxygen atoms in total. The standard InChI is InChI=1S/C20H30FN3/c21-18-6-8-19(9-7-18)23-10-12-24(13-11-23)20-15-22(16-20)14-17-4-2-1-3-5-17/h6-9,17,20H,1-5,10-16H2. The third-order valence-electron chi connectivity index (χ3n) is 6.20. The second-order valence-electron chi connectivity index (χ2n) is 7.88. The molecule has 2 aliphatic heterocycles. The molecule has 0 unspecified atom stereocenters. The smallest absolute Gasteiger partial charge is 0.123 e. The Labute approximate surface area is 145 Å². The lowest BCUT2D eigenvalue weighted by atomic mass is 9.88. The van der Waals surface area contributed by atoms with Gasteiger partial charge < -0.3 is 4.90 Å². The highest BCUT2D eigenvalue weighted by atomic mass is 19.1. The average Bonchev–Trinajstić information content (AvgIpc) is 2.60. The van der Waals surface area contributed by atoms with E-state index < -0.39 is 0 Å². The molecule has 132 valence electrons. The van der Waals surface area contributed by atoms with Crippen LogP contribution in [-0.4, -0.2) is 61.7 Å². The number of hydrogen-bond donors (Lipinski definition) is 0. The van der Waals surface area contributed by atoms with Crippen molar-refractivity contribution in [2.45, 2.75) is 38.1 Å². The number of piperazine rings is 1. The van der Waals surface area contributed by atoms with E-state index in [0.717, 1.165) is 43.8 Å². The van der Waals surface area contributed by atoms with Gasteiger partial charge in [0.2, 0.25) is 0 Å². The van der Waals surface area contributed by atoms with Gasteiger partial charge in [0, 0.05) is 57.5 Å². The minimum Gasteiger partial charge on any atom is -0.369 e. The predicted octanol–water partition coefficient (Wildman–Crippen LogP) is 3.21. The van der Waals surface area contributed by atoms with Crippen LogP contribution >= 0.6 is 0 Å². The normalized spacial score (nSPS) is 25.0. The molecule has 0 N–H and O–H groups in total. The fourth-order valence-corrected chi connectivity index (χ4v) is 4.65. The summed E-state index contributed by atoms with van der Waals surface area (Å²) < 4.78 is 13.0. The predicted molar refractivity (Wildman–Crippen MR) is 97.0 cm³/mol. The summed E-state index contributed by atoms with van der Waals surface area (Å²) in [6.45, 7) is 8.28. The van der Waals surface area contributed by atoms with Crippen molar-refractivity contribution in [1.29, 1.82) is 0 Å². The van der Waals surface area contributed by atoms with E-state index >= 15 is 0 Å². The number of rotatable bonds is 4. The molecule has 4 rings (SSSR count). The Bertz CT molecular complexity index is 512. The monoisotopic (exact) mass is 331 g/mol. The first-order valence-corrected chi connectivity index (χ1v) is 9.75. The first kappa shape index (κ1) is 16.3. The van der Waals surface area contributed by atoms with Crippen LogP contribution in [0.25, 0.3) is 0 Å². The number of hydrogen-bond acceptors (Lipinski definition) is 3. The van der Waals surface area contributed by atoms with Crippen LogP contribution in [0.3, 0.4) is 0 Å². The maximum absolute atomic E-state index is 13.0. The summed E-state index contributed by atoms with van der Waals surface area (Å²) in [7, 11) is 0. The van der Waals surface area contributed by atoms with E-state index in [-0.39, 0.29) is 5.82 Å². The van der Waals surface area contributed by atoms with Gasteiger partial charge in [-0.1, -0.05) is 19.3 Å². The zero-order valence-corrected chi connectivity index (χ0v) is 14.7. The van der Waals surface area contributed by atoms with E-state index in [1.54, 1.807) is 12.1 Å². The molecule has 1 aromatic carbocycles. The van der Waals surface area contributed by atoms with Gasteiger partial charge in [0.1, 0.15) is 5.82 Å². The molecule has 0 bridgehead atoms. The third kappa shape index (κ3) is 3.75. The van der Waals surface area contributed by atoms with Gasteiger partial charge in [-0.15, -0.1) is 0 Å². The first-order valence-electron chi connectivity index (χ1n) is 9.75. The van der Waals surface area contributed by atoms with Crippen LogP contribution in [-0.2, 0) is 0 Å². The quantitative estimate of drug-likeness (QED) is 0.839. The van der Waals surface area contributed by atoms with Crippen molar-refractivity contribution in [2.24, 2.45) is 5.92 Å². The summed E-state index contributed by atoms with van der Waals surface area (Å²) in [5.41, 5.74) is 1.16. The molecule has 3 fully saturated rings. The Morgan fingerprint density at radius 2 is 1.54 bits per heavy atom. The molecular formula is C20H30FN3. The fraction of sp³-hybridized carbons (Fsp3) is 0.700. The van der Waals surface area contributed by atoms with E-state index in [1.807, 2.05) is 12.1 Å². The molecule has 4 heteroatoms. The van der Waals surface area contributed by atoms with E-state index in [0.29, 0.717) is 0 Å². The highest BCUT2D eigenvalue weighted by Gasteiger charge is 2.34. The van der Waals surface area contributed by atoms with Crippen molar-refractivity contribution in [2.75, 3.05) is 50.7 Å². The lowest BCUT2D eigenvalue weighted by Crippen LogP contribution is -2.63. The summed E-state index contributed by atoms with van der Waals surface area (Å²) in [6.07, 6.45) is 7.27. The SMILES string of the molecule is Fc1ccc(N2CCN(C3CN(CC4CCCCC4)C3)CC2)cc1. The van der Waals surface area contributed by atoms with Crippen LogP contribution in [0.2, 0.25) is 0 Å². The molecule has 0 atom stereocenters. The topological polar surface area (TPSA) is 9.72 Å². The van der Waals surface area contributed by atoms with Crippen molar-refractivity contribution in [1.82, 2.24) is 9.80 Å². The highest BCUT2D eigenvalue weighted by Crippen LogP contribution is 2.27. The van der Waals surface area contributed by atoms with Gasteiger partial charge in [-0.3, -0.25) is 9.80 Å². The van der Waals surface area contributed by atoms with Crippen LogP contribution in [0.4, 0.5) is 10.1 Å². The molecule has 1 aliphatic carbocycles. The molecule has 3 aliphatic rings. The van der Waals surface area contributed by atoms with Gasteiger partial charge in [0.05, 0.1) is 0 Å². The first-order chi connectivity index (χ1) is 11.8. The summed E-state index contributed by atoms with van der Waals surface area (Å²) >= 11 is 0. The van der Waals surface area contributed by atoms with Crippen LogP contribution < -0.4 is 4.90 Å². The highest BCUT2D eigenvalue weighted by molar-refractivity contribution is 5.46. The minimum absolute atomic E-state index is 0.148. The van der Waals surface area contributed by atoms with Crippen LogP contribution in [0.15, 0.2) is 24.3 Å². The molecule has 2 heterocycles. The van der Waals surface area contributed by atoms with Crippen LogP contribution in [0.5, 0.6) is 0 Å². The minimum atomic E-state index is -0.148. The van der Waals surface area contributed by atoms with Crippen molar-refractivity contribution >= 4 is 5.69 Å². The largest absolute Gasteiger partial charge is 0.369 e. The zero-order chi connectivity index (χ0) is 16.4. The zero-order valence-electron chi connectivity index (χ0n) is 14.7. The maximum atomic E-state index is 13.0. The molecule has 0 aromatic heterocycles. The second kappa shape index (κ2) is 7.40. The molecule has 0 spiro atoms. The average molecular weight is 331 g/mol. The van der Waals surface area contributed by atoms with Gasteiger partial charge >= 0.3 is 0 Å². The molecule has 0 amide bonds. The van der Waals surface area contributed by atoms with E-state index in [9.17, 15) is 4.39 Å². The van der Waals surface area contributed by atoms with Crippen molar-refractivity contribution in [3.63, 3.8) is 0 Å². The Hall–Kier alpha value is -1.13. The Kier molecular flexibility index (Phi) is 5.04. The summed E-state index contributed by atoms with van der Waals surface area (Å²) in [5.74, 6) is 0.819. The number of halogens is 1. The summed E-state index contributed by atoms with van der Waals surface area (Å²) in [6, 6.07) is 7.71. The Morgan fingerprint density at radius 1 is 0.875 bits per heavy atom. The van der Waals surface area contributed by atoms with E-state index in [4.69, 9.17) is 0 Å². The lowest BCUT2D eigenvalue weighted by molar-refractivity contribution is 0.0174. The Morgan fingerprint density at radius 3 is 2.21 bits per heavy atom. The summed E-state index contributed by atoms with van der Waals surface area (Å²) in [5, 5.41) is 0. The van der Waals surface area contributed by atoms with Crippen molar-refractivity contribution < 1.29 is 4.39 Å². The van der Waals surface area contributed by atoms with Gasteiger partial charge in [-0.2, -0.15) is 0 Å². The van der Waals surface area contributed by atoms with E-state index in [1.165, 1.54) is 51.7 Å². The number of likely N-dealkylation sites (tertiary alicyclic amines) is 1. The fourth-order valence-electron chi connectivity index (χ4n) is 4.65. The van der Waals surface area contributed by atoms with Crippen LogP contribution in [0.1, 0.15) is 32.1 Å². The molecule has 24 heavy (non-hydrogen) atoms. The lowest BCUT2D eigenvalue weighted by Gasteiger charge is -2.49. The van der Waals surface area contributed by atoms with Gasteiger partial charge in [-0.05, 0) is 43.0 Å². The third-order valence-corrected chi connectivity index (χ3v) is 6.20. The summed E-state index contributed by atoms with van der Waals surface area (Å²) in [4.78, 5) is 7.72. The Balaban J connectivity index is 1.19. The number of anilines is 1. The van der Waals surface area contributed by atoms with Crippen molar-refractivity contribution in [3.8, 4) is 0 Å². The molecule has 2 saturated heterocycles. The maximum Gasteiger partial charge on any atom is 0.123 e. The van der Waals surface area contributed by atoms with Gasteiger partial charge in [-0.25, -0.2) is 4.39 Å². The van der Waals surface area contributed by atoms with E-state index in [2.05, 4.69) is 14.7 Å². The molecule has 0 radical (unpaired) electrons. The molecule has 1 saturated carbocycles. The number of nitrogens with zero attached hydrogens (tertiary/aromatic N) is 3. The second-order valence-corrected chi connectivity index (χ2v) is 7.88. The number of benzene rings is 1. The van der Waals surface area contributed by atoms with Gasteiger partial charge in [0.25, 0.3) is 0 Å². The van der Waals surface area contributed by atoms with Gasteiger partial charge in [0.15, 0.2) is 0 Å².